The molecular formula is C17H20N6OS. The Balaban J connectivity index is 1.77. The summed E-state index contributed by atoms with van der Waals surface area (Å²) >= 11 is 1.41. The van der Waals surface area contributed by atoms with E-state index in [1.54, 1.807) is 24.1 Å². The molecule has 0 saturated carbocycles. The summed E-state index contributed by atoms with van der Waals surface area (Å²) in [5.74, 6) is 1.35. The van der Waals surface area contributed by atoms with Crippen molar-refractivity contribution in [2.75, 3.05) is 11.2 Å². The zero-order valence-electron chi connectivity index (χ0n) is 14.1. The zero-order valence-corrected chi connectivity index (χ0v) is 14.9. The maximum Gasteiger partial charge on any atom is 0.205 e. The number of hydrazone groups is 1. The van der Waals surface area contributed by atoms with E-state index < -0.39 is 0 Å². The van der Waals surface area contributed by atoms with Gasteiger partial charge in [-0.1, -0.05) is 0 Å². The summed E-state index contributed by atoms with van der Waals surface area (Å²) in [5, 5.41) is 6.63. The van der Waals surface area contributed by atoms with Crippen LogP contribution in [-0.4, -0.2) is 26.9 Å². The third-order valence-electron chi connectivity index (χ3n) is 3.26. The number of anilines is 2. The molecule has 130 valence electrons. The van der Waals surface area contributed by atoms with Crippen LogP contribution in [0.2, 0.25) is 0 Å². The molecule has 0 aliphatic carbocycles. The molecule has 0 unspecified atom stereocenters. The minimum atomic E-state index is 0.109. The Bertz CT molecular complexity index is 841. The number of thiazole rings is 1. The minimum absolute atomic E-state index is 0.109. The van der Waals surface area contributed by atoms with E-state index in [9.17, 15) is 0 Å². The number of hydrogen-bond acceptors (Lipinski definition) is 7. The van der Waals surface area contributed by atoms with Crippen LogP contribution in [0.4, 0.5) is 10.9 Å². The molecule has 0 saturated heterocycles. The van der Waals surface area contributed by atoms with Crippen LogP contribution in [0.15, 0.2) is 47.4 Å². The van der Waals surface area contributed by atoms with E-state index in [1.807, 2.05) is 36.7 Å². The SMILES string of the molecule is CC(C)Oc1ccc(C=NNc2nc(N)cs2)cc1Cn1ccnc1. The summed E-state index contributed by atoms with van der Waals surface area (Å²) in [6.07, 6.45) is 7.33. The van der Waals surface area contributed by atoms with Crippen LogP contribution in [0, 0.1) is 0 Å². The Morgan fingerprint density at radius 3 is 3.00 bits per heavy atom. The first-order valence-electron chi connectivity index (χ1n) is 7.85. The number of nitrogens with one attached hydrogen (secondary N) is 1. The fourth-order valence-corrected chi connectivity index (χ4v) is 2.80. The Labute approximate surface area is 150 Å². The molecular weight excluding hydrogens is 336 g/mol. The predicted octanol–water partition coefficient (Wildman–Crippen LogP) is 3.20. The van der Waals surface area contributed by atoms with Crippen molar-refractivity contribution in [1.82, 2.24) is 14.5 Å². The van der Waals surface area contributed by atoms with E-state index in [0.717, 1.165) is 16.9 Å². The fraction of sp³-hybridized carbons (Fsp3) is 0.235. The molecule has 3 aromatic rings. The fourth-order valence-electron chi connectivity index (χ4n) is 2.25. The standard InChI is InChI=1S/C17H20N6OS/c1-12(2)24-15-4-3-13(7-14(15)9-23-6-5-19-11-23)8-20-22-17-21-16(18)10-25-17/h3-8,10-12H,9,18H2,1-2H3,(H,21,22). The topological polar surface area (TPSA) is 90.4 Å². The van der Waals surface area contributed by atoms with Gasteiger partial charge in [-0.3, -0.25) is 5.43 Å². The highest BCUT2D eigenvalue weighted by Crippen LogP contribution is 2.22. The molecule has 3 N–H and O–H groups in total. The highest BCUT2D eigenvalue weighted by Gasteiger charge is 2.08. The number of aromatic nitrogens is 3. The molecule has 1 aromatic carbocycles. The second-order valence-electron chi connectivity index (χ2n) is 5.72. The van der Waals surface area contributed by atoms with Crippen LogP contribution in [0.1, 0.15) is 25.0 Å². The summed E-state index contributed by atoms with van der Waals surface area (Å²) in [5.41, 5.74) is 10.5. The van der Waals surface area contributed by atoms with Crippen molar-refractivity contribution in [3.8, 4) is 5.75 Å². The average Bonchev–Trinajstić information content (AvgIpc) is 3.21. The van der Waals surface area contributed by atoms with Gasteiger partial charge in [-0.15, -0.1) is 11.3 Å². The van der Waals surface area contributed by atoms with Gasteiger partial charge in [0, 0.05) is 23.3 Å². The number of imidazole rings is 1. The summed E-state index contributed by atoms with van der Waals surface area (Å²) < 4.78 is 7.91. The van der Waals surface area contributed by atoms with Crippen molar-refractivity contribution in [2.24, 2.45) is 5.10 Å². The third kappa shape index (κ3) is 4.80. The van der Waals surface area contributed by atoms with Crippen LogP contribution < -0.4 is 15.9 Å². The van der Waals surface area contributed by atoms with Gasteiger partial charge in [-0.05, 0) is 37.6 Å². The van der Waals surface area contributed by atoms with Gasteiger partial charge in [0.05, 0.1) is 25.2 Å². The first-order chi connectivity index (χ1) is 12.1. The van der Waals surface area contributed by atoms with Crippen LogP contribution in [0.25, 0.3) is 0 Å². The number of nitrogens with two attached hydrogens (primary N) is 1. The number of ether oxygens (including phenoxy) is 1. The molecule has 7 nitrogen and oxygen atoms in total. The lowest BCUT2D eigenvalue weighted by atomic mass is 10.1. The quantitative estimate of drug-likeness (QED) is 0.501. The van der Waals surface area contributed by atoms with Crippen molar-refractivity contribution < 1.29 is 4.74 Å². The van der Waals surface area contributed by atoms with E-state index in [-0.39, 0.29) is 6.10 Å². The predicted molar refractivity (Wildman–Crippen MR) is 101 cm³/mol. The molecule has 0 radical (unpaired) electrons. The average molecular weight is 356 g/mol. The normalized spacial score (nSPS) is 11.3. The van der Waals surface area contributed by atoms with Gasteiger partial charge in [0.25, 0.3) is 0 Å². The second kappa shape index (κ2) is 7.80. The van der Waals surface area contributed by atoms with Crippen molar-refractivity contribution in [3.05, 3.63) is 53.4 Å². The monoisotopic (exact) mass is 356 g/mol. The van der Waals surface area contributed by atoms with Crippen molar-refractivity contribution >= 4 is 28.5 Å². The molecule has 0 atom stereocenters. The highest BCUT2D eigenvalue weighted by atomic mass is 32.1. The minimum Gasteiger partial charge on any atom is -0.491 e. The summed E-state index contributed by atoms with van der Waals surface area (Å²) in [6.45, 7) is 4.71. The lowest BCUT2D eigenvalue weighted by Crippen LogP contribution is -2.09. The van der Waals surface area contributed by atoms with Gasteiger partial charge >= 0.3 is 0 Å². The molecule has 0 aliphatic heterocycles. The lowest BCUT2D eigenvalue weighted by Gasteiger charge is -2.15. The summed E-state index contributed by atoms with van der Waals surface area (Å²) in [4.78, 5) is 8.18. The van der Waals surface area contributed by atoms with Gasteiger partial charge < -0.3 is 15.0 Å². The van der Waals surface area contributed by atoms with E-state index in [2.05, 4.69) is 26.6 Å². The Hall–Kier alpha value is -2.87. The van der Waals surface area contributed by atoms with Crippen molar-refractivity contribution in [3.63, 3.8) is 0 Å². The largest absolute Gasteiger partial charge is 0.491 e. The van der Waals surface area contributed by atoms with Crippen LogP contribution >= 0.6 is 11.3 Å². The molecule has 2 aromatic heterocycles. The molecule has 0 spiro atoms. The number of rotatable bonds is 7. The number of hydrogen-bond donors (Lipinski definition) is 2. The highest BCUT2D eigenvalue weighted by molar-refractivity contribution is 7.14. The van der Waals surface area contributed by atoms with E-state index >= 15 is 0 Å². The first kappa shape index (κ1) is 17.0. The first-order valence-corrected chi connectivity index (χ1v) is 8.73. The Kier molecular flexibility index (Phi) is 5.30. The van der Waals surface area contributed by atoms with Crippen molar-refractivity contribution in [2.45, 2.75) is 26.5 Å². The molecule has 0 amide bonds. The molecule has 0 fully saturated rings. The third-order valence-corrected chi connectivity index (χ3v) is 4.02. The van der Waals surface area contributed by atoms with Gasteiger partial charge in [0.2, 0.25) is 5.13 Å². The van der Waals surface area contributed by atoms with Gasteiger partial charge in [-0.2, -0.15) is 5.10 Å². The van der Waals surface area contributed by atoms with Crippen molar-refractivity contribution in [1.29, 1.82) is 0 Å². The summed E-state index contributed by atoms with van der Waals surface area (Å²) in [6, 6.07) is 5.99. The van der Waals surface area contributed by atoms with Gasteiger partial charge in [0.15, 0.2) is 0 Å². The molecule has 3 rings (SSSR count). The molecule has 8 heteroatoms. The maximum absolute atomic E-state index is 5.91. The number of benzene rings is 1. The van der Waals surface area contributed by atoms with Crippen LogP contribution in [0.3, 0.4) is 0 Å². The summed E-state index contributed by atoms with van der Waals surface area (Å²) in [7, 11) is 0. The Morgan fingerprint density at radius 1 is 1.44 bits per heavy atom. The lowest BCUT2D eigenvalue weighted by molar-refractivity contribution is 0.239. The van der Waals surface area contributed by atoms with Gasteiger partial charge in [0.1, 0.15) is 11.6 Å². The Morgan fingerprint density at radius 2 is 2.32 bits per heavy atom. The molecule has 2 heterocycles. The van der Waals surface area contributed by atoms with E-state index in [4.69, 9.17) is 10.5 Å². The van der Waals surface area contributed by atoms with Crippen LogP contribution in [0.5, 0.6) is 5.75 Å². The van der Waals surface area contributed by atoms with Crippen LogP contribution in [-0.2, 0) is 6.54 Å². The second-order valence-corrected chi connectivity index (χ2v) is 6.57. The number of nitrogens with zero attached hydrogens (tertiary/aromatic N) is 4. The maximum atomic E-state index is 5.91. The van der Waals surface area contributed by atoms with E-state index in [0.29, 0.717) is 17.5 Å². The molecule has 0 aliphatic rings. The molecule has 25 heavy (non-hydrogen) atoms. The number of nitrogen functional groups attached to an aromatic ring is 1. The smallest absolute Gasteiger partial charge is 0.205 e. The zero-order chi connectivity index (χ0) is 17.6. The van der Waals surface area contributed by atoms with E-state index in [1.165, 1.54) is 11.3 Å². The molecule has 0 bridgehead atoms. The van der Waals surface area contributed by atoms with Gasteiger partial charge in [-0.25, -0.2) is 9.97 Å².